The number of rotatable bonds is 9. The number of carbonyl (C=O) groups excluding carboxylic acids is 2. The van der Waals surface area contributed by atoms with Crippen LogP contribution >= 0.6 is 0 Å². The summed E-state index contributed by atoms with van der Waals surface area (Å²) in [6.45, 7) is 0.167. The molecule has 0 spiro atoms. The lowest BCUT2D eigenvalue weighted by Crippen LogP contribution is -2.47. The average molecular weight is 481 g/mol. The second kappa shape index (κ2) is 10.3. The standard InChI is InChI=1S/C27H32N2O6/c1-33-22-5-3-2-4-17(22)14-28-25(31)13-19-12-21-20-11-18(29-26(32)10-16-6-7-16)8-9-23(20)35-27(21)24(15-30)34-19/h2-5,8-9,11,16,19,21,24,27,30H,6-7,10,12-15H2,1H3,(H,28,31)(H,29,32)/t19-,21-,24+,27+/m1/s1. The molecule has 0 aromatic heterocycles. The van der Waals surface area contributed by atoms with E-state index in [1.807, 2.05) is 42.5 Å². The van der Waals surface area contributed by atoms with Crippen LogP contribution in [0.1, 0.15) is 49.1 Å². The van der Waals surface area contributed by atoms with Crippen molar-refractivity contribution < 1.29 is 28.9 Å². The number of amides is 2. The molecular formula is C27H32N2O6. The summed E-state index contributed by atoms with van der Waals surface area (Å²) in [5.41, 5.74) is 2.63. The van der Waals surface area contributed by atoms with Crippen LogP contribution in [0.4, 0.5) is 5.69 Å². The van der Waals surface area contributed by atoms with Gasteiger partial charge in [-0.3, -0.25) is 9.59 Å². The van der Waals surface area contributed by atoms with Crippen molar-refractivity contribution in [1.82, 2.24) is 5.32 Å². The van der Waals surface area contributed by atoms with Gasteiger partial charge in [-0.05, 0) is 49.4 Å². The maximum absolute atomic E-state index is 12.7. The summed E-state index contributed by atoms with van der Waals surface area (Å²) in [6, 6.07) is 13.2. The van der Waals surface area contributed by atoms with E-state index in [2.05, 4.69) is 10.6 Å². The fraction of sp³-hybridized carbons (Fsp3) is 0.481. The monoisotopic (exact) mass is 480 g/mol. The molecule has 1 aliphatic carbocycles. The quantitative estimate of drug-likeness (QED) is 0.509. The van der Waals surface area contributed by atoms with Crippen LogP contribution in [0.3, 0.4) is 0 Å². The lowest BCUT2D eigenvalue weighted by Gasteiger charge is -2.37. The van der Waals surface area contributed by atoms with Gasteiger partial charge in [0.15, 0.2) is 0 Å². The molecule has 8 nitrogen and oxygen atoms in total. The summed E-state index contributed by atoms with van der Waals surface area (Å²) in [4.78, 5) is 25.0. The topological polar surface area (TPSA) is 106 Å². The Bertz CT molecular complexity index is 1090. The number of methoxy groups -OCH3 is 1. The number of hydrogen-bond acceptors (Lipinski definition) is 6. The van der Waals surface area contributed by atoms with Crippen molar-refractivity contribution in [3.05, 3.63) is 53.6 Å². The molecule has 1 saturated carbocycles. The molecule has 35 heavy (non-hydrogen) atoms. The molecule has 4 atom stereocenters. The van der Waals surface area contributed by atoms with Gasteiger partial charge in [-0.25, -0.2) is 0 Å². The van der Waals surface area contributed by atoms with E-state index in [-0.39, 0.29) is 43.0 Å². The van der Waals surface area contributed by atoms with E-state index in [4.69, 9.17) is 14.2 Å². The minimum atomic E-state index is -0.527. The minimum absolute atomic E-state index is 0.0248. The third-order valence-corrected chi connectivity index (χ3v) is 7.04. The molecule has 2 aromatic rings. The van der Waals surface area contributed by atoms with Gasteiger partial charge in [0.2, 0.25) is 11.8 Å². The zero-order valence-corrected chi connectivity index (χ0v) is 19.9. The first-order chi connectivity index (χ1) is 17.0. The Balaban J connectivity index is 1.23. The molecule has 0 unspecified atom stereocenters. The molecule has 2 heterocycles. The summed E-state index contributed by atoms with van der Waals surface area (Å²) >= 11 is 0. The van der Waals surface area contributed by atoms with Crippen LogP contribution in [-0.2, 0) is 20.9 Å². The average Bonchev–Trinajstić information content (AvgIpc) is 3.60. The third-order valence-electron chi connectivity index (χ3n) is 7.04. The summed E-state index contributed by atoms with van der Waals surface area (Å²) in [6.07, 6.45) is 2.40. The number of carbonyl (C=O) groups is 2. The van der Waals surface area contributed by atoms with E-state index >= 15 is 0 Å². The van der Waals surface area contributed by atoms with Crippen molar-refractivity contribution in [3.63, 3.8) is 0 Å². The Hall–Kier alpha value is -3.10. The Morgan fingerprint density at radius 2 is 1.94 bits per heavy atom. The van der Waals surface area contributed by atoms with Gasteiger partial charge in [0, 0.05) is 35.7 Å². The van der Waals surface area contributed by atoms with Gasteiger partial charge in [-0.15, -0.1) is 0 Å². The van der Waals surface area contributed by atoms with Crippen LogP contribution in [0.25, 0.3) is 0 Å². The molecule has 3 aliphatic rings. The van der Waals surface area contributed by atoms with Crippen LogP contribution in [0.2, 0.25) is 0 Å². The zero-order valence-electron chi connectivity index (χ0n) is 19.9. The van der Waals surface area contributed by atoms with Gasteiger partial charge in [0.1, 0.15) is 23.7 Å². The van der Waals surface area contributed by atoms with E-state index in [9.17, 15) is 14.7 Å². The SMILES string of the molecule is COc1ccccc1CNC(=O)C[C@H]1C[C@@H]2c3cc(NC(=O)CC4CC4)ccc3O[C@@H]2[C@H](CO)O1. The number of hydrogen-bond donors (Lipinski definition) is 3. The number of aliphatic hydroxyl groups is 1. The van der Waals surface area contributed by atoms with Crippen LogP contribution in [-0.4, -0.2) is 48.9 Å². The van der Waals surface area contributed by atoms with Crippen LogP contribution in [0, 0.1) is 5.92 Å². The second-order valence-corrected chi connectivity index (χ2v) is 9.64. The highest BCUT2D eigenvalue weighted by Crippen LogP contribution is 2.47. The molecule has 2 amide bonds. The summed E-state index contributed by atoms with van der Waals surface area (Å²) in [5, 5.41) is 15.9. The first-order valence-electron chi connectivity index (χ1n) is 12.3. The van der Waals surface area contributed by atoms with E-state index < -0.39 is 6.10 Å². The van der Waals surface area contributed by atoms with Gasteiger partial charge in [-0.2, -0.15) is 0 Å². The number of aliphatic hydroxyl groups excluding tert-OH is 1. The largest absolute Gasteiger partial charge is 0.496 e. The number of ether oxygens (including phenoxy) is 3. The second-order valence-electron chi connectivity index (χ2n) is 9.64. The van der Waals surface area contributed by atoms with Crippen LogP contribution in [0.15, 0.2) is 42.5 Å². The fourth-order valence-corrected chi connectivity index (χ4v) is 5.08. The summed E-state index contributed by atoms with van der Waals surface area (Å²) < 4.78 is 17.5. The highest BCUT2D eigenvalue weighted by molar-refractivity contribution is 5.91. The molecular weight excluding hydrogens is 448 g/mol. The molecule has 0 radical (unpaired) electrons. The maximum atomic E-state index is 12.7. The van der Waals surface area contributed by atoms with Gasteiger partial charge in [-0.1, -0.05) is 18.2 Å². The number of benzene rings is 2. The normalized spacial score (nSPS) is 24.6. The molecule has 0 bridgehead atoms. The zero-order chi connectivity index (χ0) is 24.4. The molecule has 1 saturated heterocycles. The van der Waals surface area contributed by atoms with Crippen molar-refractivity contribution in [2.75, 3.05) is 19.0 Å². The van der Waals surface area contributed by atoms with E-state index in [1.165, 1.54) is 0 Å². The van der Waals surface area contributed by atoms with Crippen molar-refractivity contribution in [3.8, 4) is 11.5 Å². The van der Waals surface area contributed by atoms with Crippen LogP contribution < -0.4 is 20.1 Å². The van der Waals surface area contributed by atoms with E-state index in [1.54, 1.807) is 7.11 Å². The predicted octanol–water partition coefficient (Wildman–Crippen LogP) is 3.13. The molecule has 8 heteroatoms. The number of anilines is 1. The molecule has 2 fully saturated rings. The number of nitrogens with one attached hydrogen (secondary N) is 2. The molecule has 2 aliphatic heterocycles. The first-order valence-corrected chi connectivity index (χ1v) is 12.3. The molecule has 5 rings (SSSR count). The first kappa shape index (κ1) is 23.6. The van der Waals surface area contributed by atoms with Crippen molar-refractivity contribution in [2.24, 2.45) is 5.92 Å². The predicted molar refractivity (Wildman–Crippen MR) is 129 cm³/mol. The lowest BCUT2D eigenvalue weighted by molar-refractivity contribution is -0.142. The highest BCUT2D eigenvalue weighted by atomic mass is 16.6. The van der Waals surface area contributed by atoms with Gasteiger partial charge < -0.3 is 30.0 Å². The van der Waals surface area contributed by atoms with E-state index in [0.29, 0.717) is 25.3 Å². The van der Waals surface area contributed by atoms with Crippen molar-refractivity contribution in [2.45, 2.75) is 62.9 Å². The molecule has 186 valence electrons. The summed E-state index contributed by atoms with van der Waals surface area (Å²) in [7, 11) is 1.60. The lowest BCUT2D eigenvalue weighted by atomic mass is 9.84. The maximum Gasteiger partial charge on any atom is 0.224 e. The minimum Gasteiger partial charge on any atom is -0.496 e. The van der Waals surface area contributed by atoms with Crippen molar-refractivity contribution in [1.29, 1.82) is 0 Å². The van der Waals surface area contributed by atoms with Crippen molar-refractivity contribution >= 4 is 17.5 Å². The highest BCUT2D eigenvalue weighted by Gasteiger charge is 2.46. The van der Waals surface area contributed by atoms with Gasteiger partial charge in [0.25, 0.3) is 0 Å². The Labute approximate surface area is 205 Å². The smallest absolute Gasteiger partial charge is 0.224 e. The number of fused-ring (bicyclic) bond motifs is 3. The fourth-order valence-electron chi connectivity index (χ4n) is 5.08. The Kier molecular flexibility index (Phi) is 6.92. The van der Waals surface area contributed by atoms with Gasteiger partial charge in [0.05, 0.1) is 26.2 Å². The van der Waals surface area contributed by atoms with Gasteiger partial charge >= 0.3 is 0 Å². The molecule has 2 aromatic carbocycles. The number of para-hydroxylation sites is 1. The Morgan fingerprint density at radius 3 is 2.71 bits per heavy atom. The van der Waals surface area contributed by atoms with E-state index in [0.717, 1.165) is 41.2 Å². The Morgan fingerprint density at radius 1 is 1.11 bits per heavy atom. The van der Waals surface area contributed by atoms with Crippen LogP contribution in [0.5, 0.6) is 11.5 Å². The molecule has 3 N–H and O–H groups in total. The third kappa shape index (κ3) is 5.44. The summed E-state index contributed by atoms with van der Waals surface area (Å²) in [5.74, 6) is 1.87.